The molecule has 2 heterocycles. The molecule has 0 aliphatic carbocycles. The molecule has 1 fully saturated rings. The summed E-state index contributed by atoms with van der Waals surface area (Å²) >= 11 is 0. The SMILES string of the molecule is CC[NH+](CC(=O)NC[C@@H]1CCCO1)Cc1nc2cc(OC)c(OC)cc2c(=O)[nH]1. The van der Waals surface area contributed by atoms with Crippen LogP contribution in [-0.2, 0) is 16.1 Å². The zero-order valence-corrected chi connectivity index (χ0v) is 17.2. The second kappa shape index (κ2) is 9.71. The summed E-state index contributed by atoms with van der Waals surface area (Å²) in [6.45, 7) is 4.77. The molecule has 3 N–H and O–H groups in total. The lowest BCUT2D eigenvalue weighted by atomic mass is 10.2. The maximum atomic E-state index is 12.5. The van der Waals surface area contributed by atoms with E-state index in [9.17, 15) is 9.59 Å². The van der Waals surface area contributed by atoms with Crippen LogP contribution < -0.4 is 25.2 Å². The Morgan fingerprint density at radius 3 is 2.76 bits per heavy atom. The number of aromatic amines is 1. The third-order valence-corrected chi connectivity index (χ3v) is 5.14. The van der Waals surface area contributed by atoms with Crippen LogP contribution in [-0.4, -0.2) is 62.4 Å². The molecule has 9 nitrogen and oxygen atoms in total. The number of hydrogen-bond acceptors (Lipinski definition) is 6. The number of nitrogens with one attached hydrogen (secondary N) is 3. The van der Waals surface area contributed by atoms with Crippen molar-refractivity contribution >= 4 is 16.8 Å². The molecule has 0 bridgehead atoms. The van der Waals surface area contributed by atoms with Gasteiger partial charge in [0, 0.05) is 19.2 Å². The molecule has 29 heavy (non-hydrogen) atoms. The zero-order valence-electron chi connectivity index (χ0n) is 17.2. The first-order valence-corrected chi connectivity index (χ1v) is 9.90. The van der Waals surface area contributed by atoms with E-state index in [1.165, 1.54) is 14.2 Å². The Morgan fingerprint density at radius 2 is 2.10 bits per heavy atom. The van der Waals surface area contributed by atoms with Crippen molar-refractivity contribution in [3.8, 4) is 11.5 Å². The number of benzene rings is 1. The number of hydrogen-bond donors (Lipinski definition) is 3. The minimum absolute atomic E-state index is 0.0353. The Morgan fingerprint density at radius 1 is 1.34 bits per heavy atom. The van der Waals surface area contributed by atoms with Crippen LogP contribution in [0.3, 0.4) is 0 Å². The number of nitrogens with zero attached hydrogens (tertiary/aromatic N) is 1. The van der Waals surface area contributed by atoms with Gasteiger partial charge in [-0.15, -0.1) is 0 Å². The number of methoxy groups -OCH3 is 2. The molecule has 1 aromatic carbocycles. The summed E-state index contributed by atoms with van der Waals surface area (Å²) in [4.78, 5) is 33.2. The number of quaternary nitrogens is 1. The summed E-state index contributed by atoms with van der Waals surface area (Å²) < 4.78 is 16.1. The number of carbonyl (C=O) groups excluding carboxylic acids is 1. The summed E-state index contributed by atoms with van der Waals surface area (Å²) in [5.41, 5.74) is 0.281. The quantitative estimate of drug-likeness (QED) is 0.526. The van der Waals surface area contributed by atoms with Crippen molar-refractivity contribution in [1.29, 1.82) is 0 Å². The van der Waals surface area contributed by atoms with E-state index < -0.39 is 0 Å². The van der Waals surface area contributed by atoms with E-state index in [4.69, 9.17) is 14.2 Å². The van der Waals surface area contributed by atoms with Crippen molar-refractivity contribution in [2.45, 2.75) is 32.4 Å². The minimum Gasteiger partial charge on any atom is -0.493 e. The van der Waals surface area contributed by atoms with Gasteiger partial charge in [-0.1, -0.05) is 0 Å². The molecule has 9 heteroatoms. The van der Waals surface area contributed by atoms with Crippen LogP contribution >= 0.6 is 0 Å². The lowest BCUT2D eigenvalue weighted by Gasteiger charge is -2.18. The highest BCUT2D eigenvalue weighted by Gasteiger charge is 2.19. The maximum absolute atomic E-state index is 12.5. The van der Waals surface area contributed by atoms with E-state index in [1.807, 2.05) is 6.92 Å². The molecule has 0 spiro atoms. The van der Waals surface area contributed by atoms with Gasteiger partial charge in [0.15, 0.2) is 23.9 Å². The molecule has 0 saturated carbocycles. The van der Waals surface area contributed by atoms with Crippen molar-refractivity contribution in [3.63, 3.8) is 0 Å². The fourth-order valence-corrected chi connectivity index (χ4v) is 3.47. The average Bonchev–Trinajstić information content (AvgIpc) is 3.24. The van der Waals surface area contributed by atoms with E-state index >= 15 is 0 Å². The van der Waals surface area contributed by atoms with Crippen LogP contribution in [0.2, 0.25) is 0 Å². The number of fused-ring (bicyclic) bond motifs is 1. The number of carbonyl (C=O) groups is 1. The second-order valence-electron chi connectivity index (χ2n) is 7.13. The van der Waals surface area contributed by atoms with E-state index in [0.29, 0.717) is 47.9 Å². The Bertz CT molecular complexity index is 908. The van der Waals surface area contributed by atoms with Crippen LogP contribution in [0.15, 0.2) is 16.9 Å². The molecule has 1 aliphatic rings. The number of likely N-dealkylation sites (N-methyl/N-ethyl adjacent to an activating group) is 1. The zero-order chi connectivity index (χ0) is 20.8. The first kappa shape index (κ1) is 21.1. The molecule has 3 rings (SSSR count). The van der Waals surface area contributed by atoms with Gasteiger partial charge in [0.05, 0.1) is 37.8 Å². The van der Waals surface area contributed by atoms with Gasteiger partial charge in [0.25, 0.3) is 11.5 Å². The summed E-state index contributed by atoms with van der Waals surface area (Å²) in [7, 11) is 3.06. The van der Waals surface area contributed by atoms with Crippen molar-refractivity contribution in [3.05, 3.63) is 28.3 Å². The molecule has 1 aliphatic heterocycles. The molecule has 1 aromatic heterocycles. The monoisotopic (exact) mass is 405 g/mol. The highest BCUT2D eigenvalue weighted by Crippen LogP contribution is 2.29. The van der Waals surface area contributed by atoms with Crippen LogP contribution in [0.4, 0.5) is 0 Å². The molecule has 2 aromatic rings. The molecule has 1 unspecified atom stereocenters. The minimum atomic E-state index is -0.246. The summed E-state index contributed by atoms with van der Waals surface area (Å²) in [5.74, 6) is 1.48. The van der Waals surface area contributed by atoms with Crippen LogP contribution in [0.25, 0.3) is 10.9 Å². The number of amides is 1. The molecule has 0 radical (unpaired) electrons. The van der Waals surface area contributed by atoms with E-state index in [1.54, 1.807) is 12.1 Å². The average molecular weight is 405 g/mol. The van der Waals surface area contributed by atoms with Gasteiger partial charge in [0.2, 0.25) is 0 Å². The first-order chi connectivity index (χ1) is 14.0. The van der Waals surface area contributed by atoms with E-state index in [-0.39, 0.29) is 17.6 Å². The van der Waals surface area contributed by atoms with Crippen molar-refractivity contribution in [2.24, 2.45) is 0 Å². The molecule has 158 valence electrons. The van der Waals surface area contributed by atoms with Gasteiger partial charge in [-0.05, 0) is 25.8 Å². The Kier molecular flexibility index (Phi) is 7.05. The number of aromatic nitrogens is 2. The normalized spacial score (nSPS) is 17.3. The second-order valence-corrected chi connectivity index (χ2v) is 7.13. The lowest BCUT2D eigenvalue weighted by Crippen LogP contribution is -3.11. The molecule has 2 atom stereocenters. The predicted molar refractivity (Wildman–Crippen MR) is 108 cm³/mol. The van der Waals surface area contributed by atoms with Gasteiger partial charge < -0.3 is 29.4 Å². The summed E-state index contributed by atoms with van der Waals surface area (Å²) in [6, 6.07) is 3.31. The van der Waals surface area contributed by atoms with Crippen LogP contribution in [0.5, 0.6) is 11.5 Å². The largest absolute Gasteiger partial charge is 0.493 e. The van der Waals surface area contributed by atoms with Crippen molar-refractivity contribution in [1.82, 2.24) is 15.3 Å². The van der Waals surface area contributed by atoms with Crippen LogP contribution in [0, 0.1) is 0 Å². The Hall–Kier alpha value is -2.65. The highest BCUT2D eigenvalue weighted by atomic mass is 16.5. The summed E-state index contributed by atoms with van der Waals surface area (Å²) in [6.07, 6.45) is 2.15. The van der Waals surface area contributed by atoms with Gasteiger partial charge in [-0.25, -0.2) is 4.98 Å². The van der Waals surface area contributed by atoms with Crippen molar-refractivity contribution in [2.75, 3.05) is 40.5 Å². The highest BCUT2D eigenvalue weighted by molar-refractivity contribution is 5.81. The lowest BCUT2D eigenvalue weighted by molar-refractivity contribution is -0.904. The first-order valence-electron chi connectivity index (χ1n) is 9.90. The fraction of sp³-hybridized carbons (Fsp3) is 0.550. The Labute approximate surface area is 169 Å². The predicted octanol–water partition coefficient (Wildman–Crippen LogP) is -0.360. The molecule has 1 saturated heterocycles. The van der Waals surface area contributed by atoms with Gasteiger partial charge in [0.1, 0.15) is 6.54 Å². The topological polar surface area (TPSA) is 107 Å². The molecular weight excluding hydrogens is 376 g/mol. The number of rotatable bonds is 9. The Balaban J connectivity index is 1.69. The number of H-pyrrole nitrogens is 1. The van der Waals surface area contributed by atoms with Gasteiger partial charge in [-0.3, -0.25) is 9.59 Å². The molecule has 1 amide bonds. The van der Waals surface area contributed by atoms with Gasteiger partial charge in [-0.2, -0.15) is 0 Å². The van der Waals surface area contributed by atoms with Crippen molar-refractivity contribution < 1.29 is 23.9 Å². The standard InChI is InChI=1S/C20H28N4O5/c1-4-24(12-19(25)21-10-13-6-5-7-29-13)11-18-22-15-9-17(28-3)16(27-2)8-14(15)20(26)23-18/h8-9,13H,4-7,10-12H2,1-3H3,(H,21,25)(H,22,23,26)/p+1/t13-/m0/s1. The maximum Gasteiger partial charge on any atom is 0.275 e. The van der Waals surface area contributed by atoms with Crippen LogP contribution in [0.1, 0.15) is 25.6 Å². The third kappa shape index (κ3) is 5.24. The fourth-order valence-electron chi connectivity index (χ4n) is 3.47. The third-order valence-electron chi connectivity index (χ3n) is 5.14. The van der Waals surface area contributed by atoms with E-state index in [0.717, 1.165) is 30.9 Å². The summed E-state index contributed by atoms with van der Waals surface area (Å²) in [5, 5.41) is 3.37. The van der Waals surface area contributed by atoms with Gasteiger partial charge >= 0.3 is 0 Å². The molecular formula is C20H29N4O5+. The smallest absolute Gasteiger partial charge is 0.275 e. The van der Waals surface area contributed by atoms with E-state index in [2.05, 4.69) is 15.3 Å². The number of ether oxygens (including phenoxy) is 3.